The van der Waals surface area contributed by atoms with Crippen molar-refractivity contribution in [3.05, 3.63) is 210 Å². The summed E-state index contributed by atoms with van der Waals surface area (Å²) in [5.74, 6) is 1.02. The second kappa shape index (κ2) is 12.8. The van der Waals surface area contributed by atoms with Crippen LogP contribution in [-0.4, -0.2) is 0 Å². The van der Waals surface area contributed by atoms with Crippen molar-refractivity contribution in [1.82, 2.24) is 0 Å². The molecule has 0 bridgehead atoms. The van der Waals surface area contributed by atoms with Crippen LogP contribution in [0.15, 0.2) is 196 Å². The van der Waals surface area contributed by atoms with Gasteiger partial charge < -0.3 is 8.83 Å². The number of hydrogen-bond donors (Lipinski definition) is 0. The Balaban J connectivity index is 1.23. The van der Waals surface area contributed by atoms with E-state index in [0.717, 1.165) is 67.4 Å². The van der Waals surface area contributed by atoms with Crippen molar-refractivity contribution in [2.45, 2.75) is 19.3 Å². The fourth-order valence-corrected chi connectivity index (χ4v) is 8.39. The maximum atomic E-state index is 7.07. The van der Waals surface area contributed by atoms with E-state index in [1.54, 1.807) is 0 Å². The highest BCUT2D eigenvalue weighted by Gasteiger charge is 2.27. The lowest BCUT2D eigenvalue weighted by Crippen LogP contribution is -2.04. The van der Waals surface area contributed by atoms with E-state index < -0.39 is 0 Å². The summed E-state index contributed by atoms with van der Waals surface area (Å²) in [6.45, 7) is 2.33. The molecule has 7 aromatic carbocycles. The third-order valence-corrected chi connectivity index (χ3v) is 10.9. The van der Waals surface area contributed by atoms with Crippen LogP contribution in [0, 0.1) is 0 Å². The Hall–Kier alpha value is -6.64. The highest BCUT2D eigenvalue weighted by molar-refractivity contribution is 6.14. The van der Waals surface area contributed by atoms with Gasteiger partial charge in [0.15, 0.2) is 0 Å². The predicted octanol–water partition coefficient (Wildman–Crippen LogP) is 14.3. The Labute approximate surface area is 308 Å². The van der Waals surface area contributed by atoms with Gasteiger partial charge in [-0.3, -0.25) is 0 Å². The van der Waals surface area contributed by atoms with Crippen LogP contribution in [0.4, 0.5) is 0 Å². The van der Waals surface area contributed by atoms with E-state index in [0.29, 0.717) is 0 Å². The van der Waals surface area contributed by atoms with Crippen LogP contribution >= 0.6 is 0 Å². The zero-order valence-electron chi connectivity index (χ0n) is 29.4. The number of rotatable bonds is 6. The monoisotopic (exact) mass is 680 g/mol. The molecule has 0 aliphatic heterocycles. The molecule has 0 fully saturated rings. The number of furan rings is 2. The lowest BCUT2D eigenvalue weighted by molar-refractivity contribution is 0.601. The molecule has 0 spiro atoms. The van der Waals surface area contributed by atoms with Crippen molar-refractivity contribution in [1.29, 1.82) is 0 Å². The smallest absolute Gasteiger partial charge is 0.144 e. The Morgan fingerprint density at radius 1 is 0.547 bits per heavy atom. The zero-order chi connectivity index (χ0) is 35.3. The van der Waals surface area contributed by atoms with Gasteiger partial charge in [-0.2, -0.15) is 0 Å². The topological polar surface area (TPSA) is 26.3 Å². The molecule has 1 unspecified atom stereocenters. The highest BCUT2D eigenvalue weighted by Crippen LogP contribution is 2.47. The van der Waals surface area contributed by atoms with Gasteiger partial charge in [-0.1, -0.05) is 165 Å². The minimum absolute atomic E-state index is 0.133. The molecule has 0 N–H and O–H groups in total. The fourth-order valence-electron chi connectivity index (χ4n) is 8.39. The lowest BCUT2D eigenvalue weighted by atomic mass is 9.81. The van der Waals surface area contributed by atoms with Gasteiger partial charge in [0.1, 0.15) is 22.5 Å². The van der Waals surface area contributed by atoms with Gasteiger partial charge >= 0.3 is 0 Å². The molecule has 252 valence electrons. The summed E-state index contributed by atoms with van der Waals surface area (Å²) < 4.78 is 13.6. The van der Waals surface area contributed by atoms with Crippen molar-refractivity contribution >= 4 is 49.3 Å². The van der Waals surface area contributed by atoms with Crippen LogP contribution in [0.2, 0.25) is 0 Å². The second-order valence-electron chi connectivity index (χ2n) is 13.9. The van der Waals surface area contributed by atoms with E-state index in [1.165, 1.54) is 38.6 Å². The molecular weight excluding hydrogens is 645 g/mol. The third kappa shape index (κ3) is 5.26. The van der Waals surface area contributed by atoms with Gasteiger partial charge in [-0.25, -0.2) is 0 Å². The Morgan fingerprint density at radius 3 is 2.15 bits per heavy atom. The quantitative estimate of drug-likeness (QED) is 0.175. The van der Waals surface area contributed by atoms with Crippen LogP contribution in [0.3, 0.4) is 0 Å². The molecule has 2 nitrogen and oxygen atoms in total. The largest absolute Gasteiger partial charge is 0.456 e. The first-order chi connectivity index (χ1) is 26.2. The minimum Gasteiger partial charge on any atom is -0.456 e. The highest BCUT2D eigenvalue weighted by atomic mass is 16.3. The summed E-state index contributed by atoms with van der Waals surface area (Å²) in [7, 11) is 0. The average molecular weight is 681 g/mol. The molecule has 0 saturated carbocycles. The average Bonchev–Trinajstić information content (AvgIpc) is 3.80. The van der Waals surface area contributed by atoms with Crippen LogP contribution in [0.25, 0.3) is 71.5 Å². The molecule has 9 aromatic rings. The first kappa shape index (κ1) is 31.1. The molecule has 0 saturated heterocycles. The maximum Gasteiger partial charge on any atom is 0.144 e. The van der Waals surface area contributed by atoms with E-state index in [-0.39, 0.29) is 5.92 Å². The van der Waals surface area contributed by atoms with E-state index in [2.05, 4.69) is 189 Å². The molecule has 2 heteroatoms. The van der Waals surface area contributed by atoms with Gasteiger partial charge in [0.2, 0.25) is 0 Å². The lowest BCUT2D eigenvalue weighted by Gasteiger charge is -2.22. The predicted molar refractivity (Wildman–Crippen MR) is 221 cm³/mol. The summed E-state index contributed by atoms with van der Waals surface area (Å²) in [6, 6.07) is 56.2. The number of benzene rings is 7. The first-order valence-corrected chi connectivity index (χ1v) is 18.4. The number of fused-ring (bicyclic) bond motifs is 5. The SMILES string of the molecule is CC(c1ccccc1/C(=C1/C=CC=CC1)c1oc2ccccc2c1-c1ccc2oc3cccc(-c4ccccc4)c3c2c1)c1cccc2ccccc12. The molecule has 2 aromatic heterocycles. The Morgan fingerprint density at radius 2 is 1.26 bits per heavy atom. The number of para-hydroxylation sites is 1. The van der Waals surface area contributed by atoms with E-state index >= 15 is 0 Å². The normalized spacial score (nSPS) is 14.4. The molecule has 1 aliphatic carbocycles. The Bertz CT molecular complexity index is 2920. The van der Waals surface area contributed by atoms with Crippen molar-refractivity contribution in [3.63, 3.8) is 0 Å². The Kier molecular flexibility index (Phi) is 7.54. The maximum absolute atomic E-state index is 7.07. The van der Waals surface area contributed by atoms with Crippen LogP contribution in [0.5, 0.6) is 0 Å². The van der Waals surface area contributed by atoms with Crippen LogP contribution in [-0.2, 0) is 0 Å². The number of hydrogen-bond acceptors (Lipinski definition) is 2. The molecule has 0 amide bonds. The summed E-state index contributed by atoms with van der Waals surface area (Å²) >= 11 is 0. The molecule has 0 radical (unpaired) electrons. The van der Waals surface area contributed by atoms with E-state index in [4.69, 9.17) is 8.83 Å². The second-order valence-corrected chi connectivity index (χ2v) is 13.9. The number of allylic oxidation sites excluding steroid dienone is 5. The van der Waals surface area contributed by atoms with Gasteiger partial charge in [0.25, 0.3) is 0 Å². The summed E-state index contributed by atoms with van der Waals surface area (Å²) in [5.41, 5.74) is 13.3. The molecule has 2 heterocycles. The van der Waals surface area contributed by atoms with Crippen LogP contribution in [0.1, 0.15) is 41.7 Å². The third-order valence-electron chi connectivity index (χ3n) is 10.9. The molecule has 10 rings (SSSR count). The standard InChI is InChI=1S/C51H36O2/c1-33(38-26-14-21-34-18-8-9-23-40(34)38)39-22-10-11-24-42(39)48(36-19-6-3-7-20-36)51-49(43-25-12-13-28-45(43)53-51)37-30-31-46-44(32-37)50-41(27-15-29-47(50)52-46)35-16-4-2-5-17-35/h2-19,21-33H,20H2,1H3/b48-36+. The van der Waals surface area contributed by atoms with Crippen LogP contribution < -0.4 is 0 Å². The van der Waals surface area contributed by atoms with Crippen molar-refractivity contribution in [2.24, 2.45) is 0 Å². The zero-order valence-corrected chi connectivity index (χ0v) is 29.4. The van der Waals surface area contributed by atoms with Gasteiger partial charge in [-0.15, -0.1) is 0 Å². The van der Waals surface area contributed by atoms with Gasteiger partial charge in [0.05, 0.1) is 0 Å². The van der Waals surface area contributed by atoms with Crippen molar-refractivity contribution < 1.29 is 8.83 Å². The molecular formula is C51H36O2. The molecule has 1 aliphatic rings. The summed E-state index contributed by atoms with van der Waals surface area (Å²) in [5, 5.41) is 5.84. The summed E-state index contributed by atoms with van der Waals surface area (Å²) in [4.78, 5) is 0. The van der Waals surface area contributed by atoms with Gasteiger partial charge in [0, 0.05) is 33.2 Å². The van der Waals surface area contributed by atoms with E-state index in [9.17, 15) is 0 Å². The van der Waals surface area contributed by atoms with Crippen molar-refractivity contribution in [2.75, 3.05) is 0 Å². The molecule has 53 heavy (non-hydrogen) atoms. The minimum atomic E-state index is 0.133. The first-order valence-electron chi connectivity index (χ1n) is 18.4. The fraction of sp³-hybridized carbons (Fsp3) is 0.0588. The van der Waals surface area contributed by atoms with E-state index in [1.807, 2.05) is 0 Å². The van der Waals surface area contributed by atoms with Crippen molar-refractivity contribution in [3.8, 4) is 22.3 Å². The van der Waals surface area contributed by atoms with Gasteiger partial charge in [-0.05, 0) is 80.4 Å². The summed E-state index contributed by atoms with van der Waals surface area (Å²) in [6.07, 6.45) is 9.58. The molecule has 1 atom stereocenters.